The maximum absolute atomic E-state index is 8.47. The summed E-state index contributed by atoms with van der Waals surface area (Å²) in [6.07, 6.45) is 5.71. The minimum absolute atomic E-state index is 0.00119. The van der Waals surface area contributed by atoms with Crippen molar-refractivity contribution in [1.82, 2.24) is 0 Å². The summed E-state index contributed by atoms with van der Waals surface area (Å²) in [5.74, 6) is -0.00119. The molecule has 128 valence electrons. The molecule has 0 aliphatic heterocycles. The molecule has 1 aromatic rings. The molecule has 0 aromatic heterocycles. The third-order valence-electron chi connectivity index (χ3n) is 2.90. The van der Waals surface area contributed by atoms with Crippen LogP contribution in [0.2, 0.25) is 0 Å². The smallest absolute Gasteiger partial charge is 0.369 e. The van der Waals surface area contributed by atoms with Gasteiger partial charge in [-0.15, -0.1) is 5.10 Å². The number of hydrogen-bond acceptors (Lipinski definition) is 3. The highest BCUT2D eigenvalue weighted by molar-refractivity contribution is 6.00. The van der Waals surface area contributed by atoms with Crippen LogP contribution in [0.5, 0.6) is 0 Å². The molecule has 0 saturated carbocycles. The van der Waals surface area contributed by atoms with Crippen LogP contribution in [-0.2, 0) is 0 Å². The van der Waals surface area contributed by atoms with Crippen molar-refractivity contribution >= 4 is 11.7 Å². The topological polar surface area (TPSA) is 137 Å². The highest BCUT2D eigenvalue weighted by Gasteiger charge is 2.04. The predicted molar refractivity (Wildman–Crippen MR) is 89.5 cm³/mol. The van der Waals surface area contributed by atoms with Crippen LogP contribution in [-0.4, -0.2) is 27.2 Å². The van der Waals surface area contributed by atoms with E-state index >= 15 is 0 Å². The van der Waals surface area contributed by atoms with Gasteiger partial charge in [-0.25, -0.2) is 10.4 Å². The molecule has 0 fully saturated rings. The molecular formula is C15H26N5O3+. The zero-order valence-corrected chi connectivity index (χ0v) is 13.6. The number of nitrogens with zero attached hydrogens (tertiary/aromatic N) is 3. The maximum Gasteiger partial charge on any atom is 0.472 e. The summed E-state index contributed by atoms with van der Waals surface area (Å²) in [4.78, 5) is 8.47. The normalized spacial score (nSPS) is 10.4. The Morgan fingerprint density at radius 3 is 2.35 bits per heavy atom. The van der Waals surface area contributed by atoms with Crippen LogP contribution in [0.3, 0.4) is 0 Å². The SMILES string of the molecule is CCCCCC/C(=N\N=C(N)N)c1cccc(C)c1.O=[N+](O)O. The standard InChI is InChI=1S/C15H24N4.H2NO3/c1-3-4-5-6-10-14(18-19-15(16)17)13-9-7-8-12(2)11-13;2-1(3)4/h7-9,11H,3-6,10H2,1-2H3,(H4,16,17,19);(H2,2,3,4)/q;+1/b18-14+;. The summed E-state index contributed by atoms with van der Waals surface area (Å²) in [5.41, 5.74) is 14.0. The molecule has 6 N–H and O–H groups in total. The molecule has 0 saturated heterocycles. The van der Waals surface area contributed by atoms with Crippen LogP contribution in [0, 0.1) is 11.8 Å². The van der Waals surface area contributed by atoms with Gasteiger partial charge in [0.05, 0.1) is 5.71 Å². The minimum Gasteiger partial charge on any atom is -0.369 e. The molecule has 23 heavy (non-hydrogen) atoms. The Kier molecular flexibility index (Phi) is 10.6. The number of guanidine groups is 1. The van der Waals surface area contributed by atoms with Crippen molar-refractivity contribution in [3.8, 4) is 0 Å². The summed E-state index contributed by atoms with van der Waals surface area (Å²) >= 11 is 0. The molecule has 0 radical (unpaired) electrons. The molecule has 8 heteroatoms. The second-order valence-corrected chi connectivity index (χ2v) is 5.00. The van der Waals surface area contributed by atoms with Gasteiger partial charge in [-0.3, -0.25) is 0 Å². The molecular weight excluding hydrogens is 298 g/mol. The summed E-state index contributed by atoms with van der Waals surface area (Å²) in [6.45, 7) is 4.27. The number of nitrogens with two attached hydrogens (primary N) is 2. The molecule has 1 rings (SSSR count). The van der Waals surface area contributed by atoms with Gasteiger partial charge in [0, 0.05) is 0 Å². The Labute approximate surface area is 136 Å². The number of benzene rings is 1. The lowest BCUT2D eigenvalue weighted by Gasteiger charge is -2.06. The van der Waals surface area contributed by atoms with Crippen molar-refractivity contribution < 1.29 is 15.5 Å². The molecule has 0 amide bonds. The lowest BCUT2D eigenvalue weighted by molar-refractivity contribution is -0.969. The third kappa shape index (κ3) is 11.7. The third-order valence-corrected chi connectivity index (χ3v) is 2.90. The van der Waals surface area contributed by atoms with Gasteiger partial charge in [-0.2, -0.15) is 5.10 Å². The average molecular weight is 324 g/mol. The monoisotopic (exact) mass is 324 g/mol. The number of unbranched alkanes of at least 4 members (excludes halogenated alkanes) is 3. The lowest BCUT2D eigenvalue weighted by Crippen LogP contribution is -2.22. The molecule has 0 bridgehead atoms. The maximum atomic E-state index is 8.47. The molecule has 1 aromatic carbocycles. The van der Waals surface area contributed by atoms with Crippen molar-refractivity contribution in [3.05, 3.63) is 40.3 Å². The second kappa shape index (κ2) is 12.0. The van der Waals surface area contributed by atoms with Crippen molar-refractivity contribution in [2.45, 2.75) is 46.0 Å². The van der Waals surface area contributed by atoms with Gasteiger partial charge in [0.25, 0.3) is 0 Å². The predicted octanol–water partition coefficient (Wildman–Crippen LogP) is 2.49. The van der Waals surface area contributed by atoms with E-state index in [0.29, 0.717) is 0 Å². The van der Waals surface area contributed by atoms with Crippen LogP contribution < -0.4 is 11.5 Å². The fourth-order valence-corrected chi connectivity index (χ4v) is 1.91. The Bertz CT molecular complexity index is 536. The minimum atomic E-state index is -1.25. The van der Waals surface area contributed by atoms with Crippen LogP contribution in [0.1, 0.15) is 50.2 Å². The number of hydrogen-bond donors (Lipinski definition) is 4. The highest BCUT2D eigenvalue weighted by Crippen LogP contribution is 2.12. The van der Waals surface area contributed by atoms with E-state index in [2.05, 4.69) is 36.2 Å². The van der Waals surface area contributed by atoms with E-state index in [9.17, 15) is 0 Å². The number of rotatable bonds is 7. The van der Waals surface area contributed by atoms with Crippen LogP contribution in [0.25, 0.3) is 0 Å². The first-order chi connectivity index (χ1) is 10.9. The van der Waals surface area contributed by atoms with Crippen molar-refractivity contribution in [2.75, 3.05) is 0 Å². The van der Waals surface area contributed by atoms with Gasteiger partial charge in [0.1, 0.15) is 4.91 Å². The van der Waals surface area contributed by atoms with Gasteiger partial charge in [0.2, 0.25) is 5.96 Å². The van der Waals surface area contributed by atoms with E-state index < -0.39 is 5.09 Å². The van der Waals surface area contributed by atoms with Crippen LogP contribution in [0.4, 0.5) is 0 Å². The first-order valence-corrected chi connectivity index (χ1v) is 7.44. The van der Waals surface area contributed by atoms with E-state index in [1.165, 1.54) is 24.8 Å². The first kappa shape index (κ1) is 20.4. The Morgan fingerprint density at radius 2 is 1.83 bits per heavy atom. The highest BCUT2D eigenvalue weighted by atomic mass is 16.9. The molecule has 0 heterocycles. The van der Waals surface area contributed by atoms with Gasteiger partial charge < -0.3 is 11.5 Å². The van der Waals surface area contributed by atoms with Crippen molar-refractivity contribution in [3.63, 3.8) is 0 Å². The lowest BCUT2D eigenvalue weighted by atomic mass is 10.0. The summed E-state index contributed by atoms with van der Waals surface area (Å²) in [7, 11) is 0. The Balaban J connectivity index is 0.00000108. The van der Waals surface area contributed by atoms with Crippen molar-refractivity contribution in [1.29, 1.82) is 0 Å². The van der Waals surface area contributed by atoms with Gasteiger partial charge >= 0.3 is 5.09 Å². The Morgan fingerprint density at radius 1 is 1.17 bits per heavy atom. The average Bonchev–Trinajstić information content (AvgIpc) is 2.45. The van der Waals surface area contributed by atoms with E-state index in [-0.39, 0.29) is 5.96 Å². The quantitative estimate of drug-likeness (QED) is 0.264. The van der Waals surface area contributed by atoms with Crippen LogP contribution >= 0.6 is 0 Å². The van der Waals surface area contributed by atoms with Crippen molar-refractivity contribution in [2.24, 2.45) is 21.7 Å². The molecule has 0 aliphatic rings. The molecule has 0 spiro atoms. The summed E-state index contributed by atoms with van der Waals surface area (Å²) < 4.78 is 0. The van der Waals surface area contributed by atoms with E-state index in [1.807, 2.05) is 12.1 Å². The fraction of sp³-hybridized carbons (Fsp3) is 0.467. The van der Waals surface area contributed by atoms with Crippen LogP contribution in [0.15, 0.2) is 34.5 Å². The molecule has 0 aliphatic carbocycles. The fourth-order valence-electron chi connectivity index (χ4n) is 1.91. The second-order valence-electron chi connectivity index (χ2n) is 5.00. The van der Waals surface area contributed by atoms with Gasteiger partial charge in [-0.05, 0) is 25.3 Å². The molecule has 0 unspecified atom stereocenters. The van der Waals surface area contributed by atoms with Gasteiger partial charge in [-0.1, -0.05) is 56.0 Å². The zero-order chi connectivity index (χ0) is 17.7. The Hall–Kier alpha value is -2.64. The zero-order valence-electron chi connectivity index (χ0n) is 13.6. The summed E-state index contributed by atoms with van der Waals surface area (Å²) in [6, 6.07) is 8.26. The van der Waals surface area contributed by atoms with E-state index in [4.69, 9.17) is 26.8 Å². The molecule has 8 nitrogen and oxygen atoms in total. The largest absolute Gasteiger partial charge is 0.472 e. The first-order valence-electron chi connectivity index (χ1n) is 7.44. The van der Waals surface area contributed by atoms with E-state index in [0.717, 1.165) is 24.1 Å². The molecule has 0 atom stereocenters. The number of aryl methyl sites for hydroxylation is 1. The van der Waals surface area contributed by atoms with E-state index in [1.54, 1.807) is 0 Å². The van der Waals surface area contributed by atoms with Gasteiger partial charge in [0.15, 0.2) is 0 Å². The summed E-state index contributed by atoms with van der Waals surface area (Å²) in [5, 5.41) is 20.5.